The number of nitrogens with one attached hydrogen (secondary N) is 1. The fourth-order valence-electron chi connectivity index (χ4n) is 2.41. The zero-order valence-corrected chi connectivity index (χ0v) is 11.3. The third-order valence-corrected chi connectivity index (χ3v) is 3.78. The zero-order chi connectivity index (χ0) is 13.0. The van der Waals surface area contributed by atoms with Crippen molar-refractivity contribution in [3.05, 3.63) is 52.8 Å². The van der Waals surface area contributed by atoms with E-state index < -0.39 is 0 Å². The van der Waals surface area contributed by atoms with Gasteiger partial charge in [0.1, 0.15) is 5.82 Å². The molecule has 4 heteroatoms. The van der Waals surface area contributed by atoms with E-state index in [4.69, 9.17) is 0 Å². The Labute approximate surface area is 116 Å². The van der Waals surface area contributed by atoms with Crippen LogP contribution >= 0.6 is 15.9 Å². The molecule has 0 radical (unpaired) electrons. The highest BCUT2D eigenvalue weighted by Crippen LogP contribution is 2.29. The number of hydrogen-bond donors (Lipinski definition) is 1. The van der Waals surface area contributed by atoms with Gasteiger partial charge in [-0.05, 0) is 42.5 Å². The number of nitrogens with zero attached hydrogens (tertiary/aromatic N) is 1. The lowest BCUT2D eigenvalue weighted by molar-refractivity contribution is 0.629. The van der Waals surface area contributed by atoms with Gasteiger partial charge >= 0.3 is 0 Å². The van der Waals surface area contributed by atoms with E-state index in [2.05, 4.69) is 25.9 Å². The highest BCUT2D eigenvalue weighted by Gasteiger charge is 2.08. The number of hydrogen-bond acceptors (Lipinski definition) is 1. The first kappa shape index (κ1) is 10.9. The summed E-state index contributed by atoms with van der Waals surface area (Å²) in [6.07, 6.45) is 0. The van der Waals surface area contributed by atoms with Gasteiger partial charge in [-0.2, -0.15) is 0 Å². The van der Waals surface area contributed by atoms with Crippen molar-refractivity contribution in [3.63, 3.8) is 0 Å². The number of rotatable bonds is 0. The molecular weight excluding hydrogens is 307 g/mol. The largest absolute Gasteiger partial charge is 0.353 e. The van der Waals surface area contributed by atoms with E-state index in [1.807, 2.05) is 24.3 Å². The van der Waals surface area contributed by atoms with Crippen LogP contribution in [0.5, 0.6) is 0 Å². The van der Waals surface area contributed by atoms with Crippen molar-refractivity contribution in [2.24, 2.45) is 0 Å². The second kappa shape index (κ2) is 3.78. The summed E-state index contributed by atoms with van der Waals surface area (Å²) >= 11 is 3.47. The molecule has 92 valence electrons. The minimum Gasteiger partial charge on any atom is -0.353 e. The van der Waals surface area contributed by atoms with Gasteiger partial charge in [-0.1, -0.05) is 15.9 Å². The molecule has 4 rings (SSSR count). The first-order valence-corrected chi connectivity index (χ1v) is 6.67. The topological polar surface area (TPSA) is 28.7 Å². The molecule has 2 aromatic carbocycles. The van der Waals surface area contributed by atoms with Crippen LogP contribution in [-0.2, 0) is 0 Å². The number of halogens is 2. The number of aromatic amines is 1. The summed E-state index contributed by atoms with van der Waals surface area (Å²) in [4.78, 5) is 7.94. The quantitative estimate of drug-likeness (QED) is 0.497. The van der Waals surface area contributed by atoms with Crippen molar-refractivity contribution in [3.8, 4) is 0 Å². The van der Waals surface area contributed by atoms with Crippen LogP contribution in [-0.4, -0.2) is 9.97 Å². The molecule has 19 heavy (non-hydrogen) atoms. The van der Waals surface area contributed by atoms with Gasteiger partial charge in [-0.25, -0.2) is 9.37 Å². The highest BCUT2D eigenvalue weighted by molar-refractivity contribution is 9.10. The van der Waals surface area contributed by atoms with E-state index in [1.165, 1.54) is 12.1 Å². The molecule has 0 aliphatic heterocycles. The minimum absolute atomic E-state index is 0.243. The molecule has 0 spiro atoms. The fraction of sp³-hybridized carbons (Fsp3) is 0. The van der Waals surface area contributed by atoms with E-state index in [0.717, 1.165) is 37.3 Å². The van der Waals surface area contributed by atoms with Gasteiger partial charge in [0.15, 0.2) is 0 Å². The van der Waals surface area contributed by atoms with Gasteiger partial charge in [0.25, 0.3) is 0 Å². The van der Waals surface area contributed by atoms with Crippen molar-refractivity contribution in [1.82, 2.24) is 9.97 Å². The Balaban J connectivity index is 2.20. The van der Waals surface area contributed by atoms with E-state index >= 15 is 0 Å². The van der Waals surface area contributed by atoms with Crippen LogP contribution in [0.25, 0.3) is 32.8 Å². The molecule has 0 amide bonds. The van der Waals surface area contributed by atoms with Crippen molar-refractivity contribution in [2.75, 3.05) is 0 Å². The molecule has 4 aromatic rings. The first-order chi connectivity index (χ1) is 9.20. The number of aromatic nitrogens is 2. The third kappa shape index (κ3) is 1.64. The second-order valence-corrected chi connectivity index (χ2v) is 5.45. The van der Waals surface area contributed by atoms with Crippen LogP contribution in [0.4, 0.5) is 4.39 Å². The first-order valence-electron chi connectivity index (χ1n) is 5.88. The molecule has 0 aliphatic carbocycles. The Hall–Kier alpha value is -1.94. The van der Waals surface area contributed by atoms with Crippen molar-refractivity contribution < 1.29 is 4.39 Å². The summed E-state index contributed by atoms with van der Waals surface area (Å²) < 4.78 is 14.3. The summed E-state index contributed by atoms with van der Waals surface area (Å²) in [5.74, 6) is -0.243. The predicted molar refractivity (Wildman–Crippen MR) is 78.8 cm³/mol. The Morgan fingerprint density at radius 2 is 1.89 bits per heavy atom. The summed E-state index contributed by atoms with van der Waals surface area (Å²) in [5.41, 5.74) is 3.66. The van der Waals surface area contributed by atoms with Gasteiger partial charge in [-0.3, -0.25) is 0 Å². The lowest BCUT2D eigenvalue weighted by Gasteiger charge is -1.98. The van der Waals surface area contributed by atoms with Crippen LogP contribution in [0, 0.1) is 5.82 Å². The second-order valence-electron chi connectivity index (χ2n) is 4.54. The van der Waals surface area contributed by atoms with Gasteiger partial charge in [0.05, 0.1) is 16.6 Å². The Morgan fingerprint density at radius 1 is 1.00 bits per heavy atom. The fourth-order valence-corrected chi connectivity index (χ4v) is 2.78. The van der Waals surface area contributed by atoms with Crippen LogP contribution in [0.1, 0.15) is 0 Å². The molecule has 2 aromatic heterocycles. The maximum Gasteiger partial charge on any atom is 0.123 e. The molecule has 0 saturated carbocycles. The molecule has 2 nitrogen and oxygen atoms in total. The smallest absolute Gasteiger partial charge is 0.123 e. The summed E-state index contributed by atoms with van der Waals surface area (Å²) in [7, 11) is 0. The third-order valence-electron chi connectivity index (χ3n) is 3.28. The van der Waals surface area contributed by atoms with E-state index in [-0.39, 0.29) is 5.82 Å². The molecule has 0 aliphatic rings. The maximum absolute atomic E-state index is 13.2. The molecule has 2 heterocycles. The molecule has 0 fully saturated rings. The number of benzene rings is 2. The van der Waals surface area contributed by atoms with E-state index in [1.54, 1.807) is 6.07 Å². The highest BCUT2D eigenvalue weighted by atomic mass is 79.9. The minimum atomic E-state index is -0.243. The standard InChI is InChI=1S/C15H8BrFN2/c16-9-1-3-13-11(7-9)15-14(18-13)6-8-5-10(17)2-4-12(8)19-15/h1-7,18H. The van der Waals surface area contributed by atoms with Gasteiger partial charge in [0.2, 0.25) is 0 Å². The molecule has 0 unspecified atom stereocenters. The predicted octanol–water partition coefficient (Wildman–Crippen LogP) is 4.77. The Morgan fingerprint density at radius 3 is 2.79 bits per heavy atom. The van der Waals surface area contributed by atoms with Crippen LogP contribution in [0.15, 0.2) is 46.9 Å². The van der Waals surface area contributed by atoms with Gasteiger partial charge < -0.3 is 4.98 Å². The SMILES string of the molecule is Fc1ccc2nc3c(cc2c1)[nH]c1ccc(Br)cc13. The molecular formula is C15H8BrFN2. The van der Waals surface area contributed by atoms with Crippen molar-refractivity contribution in [2.45, 2.75) is 0 Å². The molecule has 0 bridgehead atoms. The summed E-state index contributed by atoms with van der Waals surface area (Å²) in [6, 6.07) is 12.6. The zero-order valence-electron chi connectivity index (χ0n) is 9.74. The number of H-pyrrole nitrogens is 1. The molecule has 0 atom stereocenters. The van der Waals surface area contributed by atoms with E-state index in [0.29, 0.717) is 0 Å². The van der Waals surface area contributed by atoms with Crippen LogP contribution < -0.4 is 0 Å². The average molecular weight is 315 g/mol. The monoisotopic (exact) mass is 314 g/mol. The van der Waals surface area contributed by atoms with Crippen molar-refractivity contribution >= 4 is 48.8 Å². The van der Waals surface area contributed by atoms with Gasteiger partial charge in [0, 0.05) is 20.8 Å². The lowest BCUT2D eigenvalue weighted by atomic mass is 10.2. The van der Waals surface area contributed by atoms with Gasteiger partial charge in [-0.15, -0.1) is 0 Å². The van der Waals surface area contributed by atoms with Crippen LogP contribution in [0.2, 0.25) is 0 Å². The summed E-state index contributed by atoms with van der Waals surface area (Å²) in [6.45, 7) is 0. The Bertz CT molecular complexity index is 943. The lowest BCUT2D eigenvalue weighted by Crippen LogP contribution is -1.82. The molecule has 1 N–H and O–H groups in total. The van der Waals surface area contributed by atoms with E-state index in [9.17, 15) is 4.39 Å². The summed E-state index contributed by atoms with van der Waals surface area (Å²) in [5, 5.41) is 1.87. The number of pyridine rings is 1. The Kier molecular flexibility index (Phi) is 2.17. The van der Waals surface area contributed by atoms with Crippen molar-refractivity contribution in [1.29, 1.82) is 0 Å². The molecule has 0 saturated heterocycles. The van der Waals surface area contributed by atoms with Crippen LogP contribution in [0.3, 0.4) is 0 Å². The average Bonchev–Trinajstić information content (AvgIpc) is 2.73. The maximum atomic E-state index is 13.2. The normalized spacial score (nSPS) is 11.7. The number of fused-ring (bicyclic) bond motifs is 4.